The highest BCUT2D eigenvalue weighted by atomic mass is 16.5. The van der Waals surface area contributed by atoms with Crippen molar-refractivity contribution in [3.63, 3.8) is 0 Å². The number of methoxy groups -OCH3 is 1. The van der Waals surface area contributed by atoms with Crippen molar-refractivity contribution in [1.29, 1.82) is 0 Å². The molecule has 1 aromatic rings. The third-order valence-corrected chi connectivity index (χ3v) is 2.54. The van der Waals surface area contributed by atoms with Crippen LogP contribution in [-0.4, -0.2) is 31.6 Å². The summed E-state index contributed by atoms with van der Waals surface area (Å²) < 4.78 is 10.6. The molecule has 0 heterocycles. The predicted molar refractivity (Wildman–Crippen MR) is 76.1 cm³/mol. The fraction of sp³-hybridized carbons (Fsp3) is 0.429. The highest BCUT2D eigenvalue weighted by molar-refractivity contribution is 5.96. The Morgan fingerprint density at radius 2 is 2.00 bits per heavy atom. The number of nitrogens with one attached hydrogen (secondary N) is 2. The number of ether oxygens (including phenoxy) is 2. The molecule has 1 unspecified atom stereocenters. The molecule has 0 aromatic heterocycles. The Balaban J connectivity index is 2.77. The third-order valence-electron chi connectivity index (χ3n) is 2.54. The van der Waals surface area contributed by atoms with Crippen LogP contribution in [0.5, 0.6) is 11.5 Å². The minimum absolute atomic E-state index is 0.253. The minimum Gasteiger partial charge on any atom is -0.493 e. The summed E-state index contributed by atoms with van der Waals surface area (Å²) in [7, 11) is 1.53. The molecular weight excluding hydrogens is 260 g/mol. The number of carbonyl (C=O) groups excluding carboxylic acids is 2. The van der Waals surface area contributed by atoms with E-state index in [-0.39, 0.29) is 11.8 Å². The number of rotatable bonds is 6. The van der Waals surface area contributed by atoms with Crippen molar-refractivity contribution in [2.75, 3.05) is 19.0 Å². The molecule has 0 saturated carbocycles. The smallest absolute Gasteiger partial charge is 0.246 e. The van der Waals surface area contributed by atoms with Gasteiger partial charge in [-0.1, -0.05) is 0 Å². The van der Waals surface area contributed by atoms with E-state index in [2.05, 4.69) is 10.6 Å². The highest BCUT2D eigenvalue weighted by Gasteiger charge is 2.14. The Labute approximate surface area is 118 Å². The van der Waals surface area contributed by atoms with E-state index in [1.54, 1.807) is 25.1 Å². The monoisotopic (exact) mass is 280 g/mol. The van der Waals surface area contributed by atoms with Gasteiger partial charge in [0.25, 0.3) is 0 Å². The van der Waals surface area contributed by atoms with Gasteiger partial charge in [-0.25, -0.2) is 0 Å². The summed E-state index contributed by atoms with van der Waals surface area (Å²) >= 11 is 0. The molecule has 1 atom stereocenters. The Hall–Kier alpha value is -2.24. The van der Waals surface area contributed by atoms with E-state index in [9.17, 15) is 9.59 Å². The second-order valence-corrected chi connectivity index (χ2v) is 4.21. The second-order valence-electron chi connectivity index (χ2n) is 4.21. The third kappa shape index (κ3) is 4.46. The Kier molecular flexibility index (Phi) is 5.83. The van der Waals surface area contributed by atoms with Crippen LogP contribution in [0, 0.1) is 0 Å². The first-order chi connectivity index (χ1) is 9.47. The fourth-order valence-electron chi connectivity index (χ4n) is 1.64. The Bertz CT molecular complexity index is 488. The minimum atomic E-state index is -0.606. The zero-order valence-electron chi connectivity index (χ0n) is 12.1. The molecule has 0 spiro atoms. The van der Waals surface area contributed by atoms with Crippen LogP contribution >= 0.6 is 0 Å². The quantitative estimate of drug-likeness (QED) is 0.829. The first-order valence-corrected chi connectivity index (χ1v) is 6.36. The lowest BCUT2D eigenvalue weighted by Crippen LogP contribution is -2.40. The second kappa shape index (κ2) is 7.37. The normalized spacial score (nSPS) is 11.4. The summed E-state index contributed by atoms with van der Waals surface area (Å²) in [5, 5.41) is 5.22. The highest BCUT2D eigenvalue weighted by Crippen LogP contribution is 2.30. The molecule has 0 aliphatic rings. The molecule has 1 rings (SSSR count). The maximum Gasteiger partial charge on any atom is 0.246 e. The summed E-state index contributed by atoms with van der Waals surface area (Å²) in [6, 6.07) is 4.50. The van der Waals surface area contributed by atoms with Crippen molar-refractivity contribution >= 4 is 17.5 Å². The van der Waals surface area contributed by atoms with Gasteiger partial charge in [-0.05, 0) is 26.0 Å². The standard InChI is InChI=1S/C14H20N2O4/c1-5-20-12-7-6-11(8-13(12)19-4)16-14(18)9(2)15-10(3)17/h6-9H,5H2,1-4H3,(H,15,17)(H,16,18). The fourth-order valence-corrected chi connectivity index (χ4v) is 1.64. The lowest BCUT2D eigenvalue weighted by molar-refractivity contribution is -0.124. The van der Waals surface area contributed by atoms with Crippen LogP contribution in [0.1, 0.15) is 20.8 Å². The summed E-state index contributed by atoms with van der Waals surface area (Å²) in [4.78, 5) is 22.8. The van der Waals surface area contributed by atoms with Crippen molar-refractivity contribution in [2.45, 2.75) is 26.8 Å². The molecule has 6 nitrogen and oxygen atoms in total. The Morgan fingerprint density at radius 1 is 1.30 bits per heavy atom. The van der Waals surface area contributed by atoms with Crippen LogP contribution in [0.3, 0.4) is 0 Å². The molecule has 0 fully saturated rings. The zero-order valence-corrected chi connectivity index (χ0v) is 12.1. The van der Waals surface area contributed by atoms with E-state index in [4.69, 9.17) is 9.47 Å². The van der Waals surface area contributed by atoms with Crippen LogP contribution in [-0.2, 0) is 9.59 Å². The molecule has 0 bridgehead atoms. The molecule has 1 aromatic carbocycles. The number of hydrogen-bond donors (Lipinski definition) is 2. The first-order valence-electron chi connectivity index (χ1n) is 6.36. The van der Waals surface area contributed by atoms with Crippen LogP contribution in [0.4, 0.5) is 5.69 Å². The van der Waals surface area contributed by atoms with Gasteiger partial charge in [0.05, 0.1) is 13.7 Å². The SMILES string of the molecule is CCOc1ccc(NC(=O)C(C)NC(C)=O)cc1OC. The lowest BCUT2D eigenvalue weighted by Gasteiger charge is -2.14. The number of benzene rings is 1. The van der Waals surface area contributed by atoms with Crippen LogP contribution in [0.15, 0.2) is 18.2 Å². The number of hydrogen-bond acceptors (Lipinski definition) is 4. The molecular formula is C14H20N2O4. The largest absolute Gasteiger partial charge is 0.493 e. The van der Waals surface area contributed by atoms with Crippen LogP contribution in [0.2, 0.25) is 0 Å². The molecule has 0 radical (unpaired) electrons. The van der Waals surface area contributed by atoms with Crippen molar-refractivity contribution < 1.29 is 19.1 Å². The van der Waals surface area contributed by atoms with Crippen molar-refractivity contribution in [3.05, 3.63) is 18.2 Å². The number of amides is 2. The van der Waals surface area contributed by atoms with Crippen LogP contribution < -0.4 is 20.1 Å². The van der Waals surface area contributed by atoms with E-state index < -0.39 is 6.04 Å². The molecule has 0 aliphatic heterocycles. The van der Waals surface area contributed by atoms with Gasteiger partial charge in [-0.3, -0.25) is 9.59 Å². The van der Waals surface area contributed by atoms with Crippen molar-refractivity contribution in [2.24, 2.45) is 0 Å². The topological polar surface area (TPSA) is 76.7 Å². The predicted octanol–water partition coefficient (Wildman–Crippen LogP) is 1.56. The average molecular weight is 280 g/mol. The van der Waals surface area contributed by atoms with Crippen LogP contribution in [0.25, 0.3) is 0 Å². The van der Waals surface area contributed by atoms with Gasteiger partial charge in [0.2, 0.25) is 11.8 Å². The number of carbonyl (C=O) groups is 2. The molecule has 0 aliphatic carbocycles. The van der Waals surface area contributed by atoms with Gasteiger partial charge in [-0.15, -0.1) is 0 Å². The average Bonchev–Trinajstić information content (AvgIpc) is 2.39. The van der Waals surface area contributed by atoms with E-state index in [1.165, 1.54) is 14.0 Å². The summed E-state index contributed by atoms with van der Waals surface area (Å²) in [5.41, 5.74) is 0.576. The van der Waals surface area contributed by atoms with Gasteiger partial charge in [-0.2, -0.15) is 0 Å². The molecule has 2 N–H and O–H groups in total. The molecule has 20 heavy (non-hydrogen) atoms. The van der Waals surface area contributed by atoms with E-state index >= 15 is 0 Å². The zero-order chi connectivity index (χ0) is 15.1. The summed E-state index contributed by atoms with van der Waals surface area (Å²) in [6.45, 7) is 5.39. The van der Waals surface area contributed by atoms with Gasteiger partial charge in [0.1, 0.15) is 6.04 Å². The Morgan fingerprint density at radius 3 is 2.55 bits per heavy atom. The maximum atomic E-state index is 11.9. The first kappa shape index (κ1) is 15.8. The molecule has 0 saturated heterocycles. The maximum absolute atomic E-state index is 11.9. The molecule has 110 valence electrons. The lowest BCUT2D eigenvalue weighted by atomic mass is 10.2. The van der Waals surface area contributed by atoms with Gasteiger partial charge in [0, 0.05) is 18.7 Å². The molecule has 6 heteroatoms. The van der Waals surface area contributed by atoms with Crippen molar-refractivity contribution in [1.82, 2.24) is 5.32 Å². The summed E-state index contributed by atoms with van der Waals surface area (Å²) in [6.07, 6.45) is 0. The van der Waals surface area contributed by atoms with Gasteiger partial charge in [0.15, 0.2) is 11.5 Å². The van der Waals surface area contributed by atoms with E-state index in [0.717, 1.165) is 0 Å². The molecule has 2 amide bonds. The van der Waals surface area contributed by atoms with Gasteiger partial charge < -0.3 is 20.1 Å². The van der Waals surface area contributed by atoms with E-state index in [1.807, 2.05) is 6.92 Å². The van der Waals surface area contributed by atoms with E-state index in [0.29, 0.717) is 23.8 Å². The number of anilines is 1. The van der Waals surface area contributed by atoms with Crippen molar-refractivity contribution in [3.8, 4) is 11.5 Å². The van der Waals surface area contributed by atoms with Gasteiger partial charge >= 0.3 is 0 Å². The summed E-state index contributed by atoms with van der Waals surface area (Å²) in [5.74, 6) is 0.600.